The van der Waals surface area contributed by atoms with E-state index in [0.29, 0.717) is 38.2 Å². The van der Waals surface area contributed by atoms with Gasteiger partial charge in [-0.3, -0.25) is 14.5 Å². The molecule has 4 rings (SSSR count). The number of benzene rings is 2. The molecule has 0 spiro atoms. The maximum absolute atomic E-state index is 12.9. The molecule has 7 nitrogen and oxygen atoms in total. The lowest BCUT2D eigenvalue weighted by Gasteiger charge is -2.35. The van der Waals surface area contributed by atoms with Crippen molar-refractivity contribution < 1.29 is 19.1 Å². The smallest absolute Gasteiger partial charge is 0.251 e. The quantitative estimate of drug-likeness (QED) is 0.766. The Bertz CT molecular complexity index is 907. The van der Waals surface area contributed by atoms with Gasteiger partial charge in [0.1, 0.15) is 5.75 Å². The van der Waals surface area contributed by atoms with E-state index in [-0.39, 0.29) is 17.9 Å². The molecule has 1 atom stereocenters. The summed E-state index contributed by atoms with van der Waals surface area (Å²) >= 11 is 0. The Morgan fingerprint density at radius 1 is 1.17 bits per heavy atom. The topological polar surface area (TPSA) is 79.9 Å². The van der Waals surface area contributed by atoms with Crippen LogP contribution in [0.15, 0.2) is 42.5 Å². The summed E-state index contributed by atoms with van der Waals surface area (Å²) in [6.45, 7) is 3.53. The number of nitrogens with one attached hydrogen (secondary N) is 2. The third-order valence-electron chi connectivity index (χ3n) is 5.71. The van der Waals surface area contributed by atoms with Gasteiger partial charge in [-0.1, -0.05) is 12.1 Å². The highest BCUT2D eigenvalue weighted by molar-refractivity contribution is 5.97. The molecule has 1 unspecified atom stereocenters. The lowest BCUT2D eigenvalue weighted by molar-refractivity contribution is -0.116. The molecule has 2 N–H and O–H groups in total. The van der Waals surface area contributed by atoms with E-state index in [0.717, 1.165) is 35.7 Å². The standard InChI is InChI=1S/C23H27N3O4/c1-29-19-6-2-16(3-7-19)21(26-10-12-30-13-11-26)15-24-23(28)18-4-8-20-17(14-18)5-9-22(27)25-20/h2-4,6-8,14,21H,5,9-13,15H2,1H3,(H,24,28)(H,25,27). The number of amides is 2. The van der Waals surface area contributed by atoms with E-state index in [2.05, 4.69) is 15.5 Å². The first-order valence-electron chi connectivity index (χ1n) is 10.3. The summed E-state index contributed by atoms with van der Waals surface area (Å²) in [6, 6.07) is 13.5. The van der Waals surface area contributed by atoms with Gasteiger partial charge in [0.05, 0.1) is 26.4 Å². The number of aryl methyl sites for hydroxylation is 1. The van der Waals surface area contributed by atoms with Gasteiger partial charge in [0.15, 0.2) is 0 Å². The molecule has 2 aliphatic rings. The Morgan fingerprint density at radius 2 is 1.93 bits per heavy atom. The summed E-state index contributed by atoms with van der Waals surface area (Å²) in [5.74, 6) is 0.721. The molecular formula is C23H27N3O4. The minimum absolute atomic E-state index is 0.0209. The molecule has 2 amide bonds. The second-order valence-corrected chi connectivity index (χ2v) is 7.57. The average molecular weight is 409 g/mol. The third-order valence-corrected chi connectivity index (χ3v) is 5.71. The van der Waals surface area contributed by atoms with Crippen molar-refractivity contribution in [3.8, 4) is 5.75 Å². The van der Waals surface area contributed by atoms with Gasteiger partial charge in [-0.05, 0) is 47.9 Å². The van der Waals surface area contributed by atoms with Crippen LogP contribution in [0.5, 0.6) is 5.75 Å². The number of morpholine rings is 1. The lowest BCUT2D eigenvalue weighted by Crippen LogP contribution is -2.43. The van der Waals surface area contributed by atoms with Crippen LogP contribution >= 0.6 is 0 Å². The summed E-state index contributed by atoms with van der Waals surface area (Å²) in [7, 11) is 1.65. The van der Waals surface area contributed by atoms with Gasteiger partial charge in [-0.25, -0.2) is 0 Å². The first kappa shape index (κ1) is 20.4. The van der Waals surface area contributed by atoms with Crippen molar-refractivity contribution in [2.75, 3.05) is 45.3 Å². The Hall–Kier alpha value is -2.90. The minimum Gasteiger partial charge on any atom is -0.497 e. The zero-order valence-electron chi connectivity index (χ0n) is 17.1. The molecule has 2 aromatic carbocycles. The number of carbonyl (C=O) groups excluding carboxylic acids is 2. The van der Waals surface area contributed by atoms with E-state index in [9.17, 15) is 9.59 Å². The number of ether oxygens (including phenoxy) is 2. The highest BCUT2D eigenvalue weighted by Crippen LogP contribution is 2.25. The summed E-state index contributed by atoms with van der Waals surface area (Å²) in [5.41, 5.74) is 3.54. The Kier molecular flexibility index (Phi) is 6.30. The van der Waals surface area contributed by atoms with Gasteiger partial charge < -0.3 is 20.1 Å². The number of methoxy groups -OCH3 is 1. The van der Waals surface area contributed by atoms with Crippen LogP contribution in [0.1, 0.15) is 33.9 Å². The molecule has 1 saturated heterocycles. The molecule has 30 heavy (non-hydrogen) atoms. The SMILES string of the molecule is COc1ccc(C(CNC(=O)c2ccc3c(c2)CCC(=O)N3)N2CCOCC2)cc1. The monoisotopic (exact) mass is 409 g/mol. The molecule has 0 bridgehead atoms. The number of anilines is 1. The molecular weight excluding hydrogens is 382 g/mol. The van der Waals surface area contributed by atoms with E-state index >= 15 is 0 Å². The van der Waals surface area contributed by atoms with Crippen molar-refractivity contribution in [3.05, 3.63) is 59.2 Å². The molecule has 0 aromatic heterocycles. The third kappa shape index (κ3) is 4.63. The zero-order chi connectivity index (χ0) is 20.9. The van der Waals surface area contributed by atoms with Gasteiger partial charge in [-0.15, -0.1) is 0 Å². The Balaban J connectivity index is 1.47. The van der Waals surface area contributed by atoms with E-state index in [1.165, 1.54) is 0 Å². The first-order valence-corrected chi connectivity index (χ1v) is 10.3. The maximum atomic E-state index is 12.9. The number of hydrogen-bond donors (Lipinski definition) is 2. The second kappa shape index (κ2) is 9.28. The van der Waals surface area contributed by atoms with E-state index in [1.807, 2.05) is 36.4 Å². The fraction of sp³-hybridized carbons (Fsp3) is 0.391. The van der Waals surface area contributed by atoms with Crippen LogP contribution in [-0.2, 0) is 16.0 Å². The van der Waals surface area contributed by atoms with E-state index < -0.39 is 0 Å². The van der Waals surface area contributed by atoms with Gasteiger partial charge >= 0.3 is 0 Å². The van der Waals surface area contributed by atoms with Crippen molar-refractivity contribution in [2.45, 2.75) is 18.9 Å². The summed E-state index contributed by atoms with van der Waals surface area (Å²) in [4.78, 5) is 26.7. The molecule has 158 valence electrons. The molecule has 7 heteroatoms. The lowest BCUT2D eigenvalue weighted by atomic mass is 10.00. The van der Waals surface area contributed by atoms with Gasteiger partial charge in [0, 0.05) is 37.3 Å². The predicted molar refractivity (Wildman–Crippen MR) is 114 cm³/mol. The number of rotatable bonds is 6. The Labute approximate surface area is 176 Å². The van der Waals surface area contributed by atoms with Crippen molar-refractivity contribution in [2.24, 2.45) is 0 Å². The highest BCUT2D eigenvalue weighted by Gasteiger charge is 2.24. The summed E-state index contributed by atoms with van der Waals surface area (Å²) < 4.78 is 10.8. The first-order chi connectivity index (χ1) is 14.6. The minimum atomic E-state index is -0.110. The number of fused-ring (bicyclic) bond motifs is 1. The predicted octanol–water partition coefficient (Wildman–Crippen LogP) is 2.38. The van der Waals surface area contributed by atoms with Crippen molar-refractivity contribution in [1.29, 1.82) is 0 Å². The fourth-order valence-electron chi connectivity index (χ4n) is 3.99. The van der Waals surface area contributed by atoms with Crippen molar-refractivity contribution in [1.82, 2.24) is 10.2 Å². The molecule has 1 fully saturated rings. The zero-order valence-corrected chi connectivity index (χ0v) is 17.1. The average Bonchev–Trinajstić information content (AvgIpc) is 2.80. The second-order valence-electron chi connectivity index (χ2n) is 7.57. The van der Waals surface area contributed by atoms with Crippen LogP contribution in [0.3, 0.4) is 0 Å². The number of carbonyl (C=O) groups is 2. The van der Waals surface area contributed by atoms with Crippen LogP contribution < -0.4 is 15.4 Å². The summed E-state index contributed by atoms with van der Waals surface area (Å²) in [6.07, 6.45) is 1.11. The fourth-order valence-corrected chi connectivity index (χ4v) is 3.99. The molecule has 2 aliphatic heterocycles. The maximum Gasteiger partial charge on any atom is 0.251 e. The molecule has 2 heterocycles. The summed E-state index contributed by atoms with van der Waals surface area (Å²) in [5, 5.41) is 5.95. The van der Waals surface area contributed by atoms with Crippen LogP contribution in [0.25, 0.3) is 0 Å². The molecule has 0 radical (unpaired) electrons. The van der Waals surface area contributed by atoms with Crippen LogP contribution in [0.2, 0.25) is 0 Å². The normalized spacial score (nSPS) is 17.6. The number of nitrogens with zero attached hydrogens (tertiary/aromatic N) is 1. The highest BCUT2D eigenvalue weighted by atomic mass is 16.5. The van der Waals surface area contributed by atoms with Crippen LogP contribution in [0, 0.1) is 0 Å². The molecule has 0 saturated carbocycles. The largest absolute Gasteiger partial charge is 0.497 e. The molecule has 0 aliphatic carbocycles. The van der Waals surface area contributed by atoms with Crippen LogP contribution in [0.4, 0.5) is 5.69 Å². The van der Waals surface area contributed by atoms with Crippen LogP contribution in [-0.4, -0.2) is 56.7 Å². The Morgan fingerprint density at radius 3 is 2.67 bits per heavy atom. The number of hydrogen-bond acceptors (Lipinski definition) is 5. The van der Waals surface area contributed by atoms with E-state index in [4.69, 9.17) is 9.47 Å². The molecule has 2 aromatic rings. The van der Waals surface area contributed by atoms with E-state index in [1.54, 1.807) is 13.2 Å². The van der Waals surface area contributed by atoms with Crippen molar-refractivity contribution in [3.63, 3.8) is 0 Å². The van der Waals surface area contributed by atoms with Gasteiger partial charge in [0.2, 0.25) is 5.91 Å². The van der Waals surface area contributed by atoms with Crippen molar-refractivity contribution >= 4 is 17.5 Å². The van der Waals surface area contributed by atoms with Gasteiger partial charge in [0.25, 0.3) is 5.91 Å². The van der Waals surface area contributed by atoms with Gasteiger partial charge in [-0.2, -0.15) is 0 Å².